The number of alkyl halides is 3. The second-order valence-corrected chi connectivity index (χ2v) is 8.81. The van der Waals surface area contributed by atoms with E-state index in [1.807, 2.05) is 20.0 Å². The SMILES string of the molecule is Cc1noc(C)c1CN1CCn2cc(CC(=O)NCC3CCC3)nc2C1C.O=C(O)C(F)(F)F. The third-order valence-corrected chi connectivity index (χ3v) is 6.35. The predicted octanol–water partition coefficient (Wildman–Crippen LogP) is 3.16. The lowest BCUT2D eigenvalue weighted by Crippen LogP contribution is -2.36. The summed E-state index contributed by atoms with van der Waals surface area (Å²) in [5.74, 6) is -0.0700. The number of carboxylic acids is 1. The Morgan fingerprint density at radius 1 is 1.26 bits per heavy atom. The van der Waals surface area contributed by atoms with Gasteiger partial charge in [-0.1, -0.05) is 11.6 Å². The molecule has 1 unspecified atom stereocenters. The second kappa shape index (κ2) is 10.6. The van der Waals surface area contributed by atoms with Crippen LogP contribution in [-0.4, -0.2) is 55.9 Å². The molecule has 0 spiro atoms. The minimum Gasteiger partial charge on any atom is -0.475 e. The molecule has 2 aromatic rings. The van der Waals surface area contributed by atoms with Gasteiger partial charge in [-0.15, -0.1) is 0 Å². The van der Waals surface area contributed by atoms with Crippen LogP contribution in [0.1, 0.15) is 60.8 Å². The number of halogens is 3. The largest absolute Gasteiger partial charge is 0.490 e. The molecule has 0 bridgehead atoms. The maximum Gasteiger partial charge on any atom is 0.490 e. The van der Waals surface area contributed by atoms with Crippen LogP contribution in [-0.2, 0) is 29.1 Å². The number of aryl methyl sites for hydroxylation is 2. The van der Waals surface area contributed by atoms with Crippen molar-refractivity contribution in [3.05, 3.63) is 34.7 Å². The first kappa shape index (κ1) is 25.7. The number of carboxylic acid groups (broad SMARTS) is 1. The lowest BCUT2D eigenvalue weighted by atomic mass is 9.85. The lowest BCUT2D eigenvalue weighted by Gasteiger charge is -2.33. The standard InChI is InChI=1S/C20H29N5O2.C2HF3O2/c1-13-18(15(3)27-23-13)12-24-7-8-25-11-17(22-20(25)14(24)2)9-19(26)21-10-16-5-4-6-16;3-2(4,5)1(6)7/h11,14,16H,4-10,12H2,1-3H3,(H,21,26);(H,6,7). The van der Waals surface area contributed by atoms with Crippen molar-refractivity contribution in [1.29, 1.82) is 0 Å². The molecular weight excluding hydrogens is 455 g/mol. The summed E-state index contributed by atoms with van der Waals surface area (Å²) < 4.78 is 39.2. The maximum absolute atomic E-state index is 12.2. The summed E-state index contributed by atoms with van der Waals surface area (Å²) in [7, 11) is 0. The first-order chi connectivity index (χ1) is 16.0. The van der Waals surface area contributed by atoms with Crippen LogP contribution in [0.2, 0.25) is 0 Å². The molecule has 4 rings (SSSR count). The lowest BCUT2D eigenvalue weighted by molar-refractivity contribution is -0.192. The Morgan fingerprint density at radius 3 is 2.47 bits per heavy atom. The van der Waals surface area contributed by atoms with Crippen LogP contribution < -0.4 is 5.32 Å². The topological polar surface area (TPSA) is 113 Å². The number of nitrogens with one attached hydrogen (secondary N) is 1. The number of hydrogen-bond donors (Lipinski definition) is 2. The molecule has 1 aliphatic carbocycles. The van der Waals surface area contributed by atoms with Crippen LogP contribution in [0, 0.1) is 19.8 Å². The average molecular weight is 486 g/mol. The van der Waals surface area contributed by atoms with Gasteiger partial charge in [0.1, 0.15) is 11.6 Å². The molecule has 1 fully saturated rings. The first-order valence-electron chi connectivity index (χ1n) is 11.2. The summed E-state index contributed by atoms with van der Waals surface area (Å²) >= 11 is 0. The summed E-state index contributed by atoms with van der Waals surface area (Å²) in [6.45, 7) is 9.59. The fourth-order valence-electron chi connectivity index (χ4n) is 4.01. The number of amides is 1. The molecule has 3 heterocycles. The normalized spacial score (nSPS) is 18.5. The summed E-state index contributed by atoms with van der Waals surface area (Å²) in [4.78, 5) is 28.3. The van der Waals surface area contributed by atoms with E-state index in [1.54, 1.807) is 0 Å². The fourth-order valence-corrected chi connectivity index (χ4v) is 4.01. The van der Waals surface area contributed by atoms with E-state index in [-0.39, 0.29) is 11.9 Å². The van der Waals surface area contributed by atoms with E-state index in [4.69, 9.17) is 19.4 Å². The molecule has 9 nitrogen and oxygen atoms in total. The van der Waals surface area contributed by atoms with Gasteiger partial charge in [-0.05, 0) is 39.5 Å². The Balaban J connectivity index is 0.000000406. The van der Waals surface area contributed by atoms with Crippen LogP contribution in [0.25, 0.3) is 0 Å². The zero-order valence-electron chi connectivity index (χ0n) is 19.5. The molecular formula is C22H30F3N5O4. The van der Waals surface area contributed by atoms with Gasteiger partial charge in [-0.2, -0.15) is 13.2 Å². The number of nitrogens with zero attached hydrogens (tertiary/aromatic N) is 4. The van der Waals surface area contributed by atoms with Gasteiger partial charge in [-0.3, -0.25) is 9.69 Å². The van der Waals surface area contributed by atoms with Gasteiger partial charge in [0.25, 0.3) is 0 Å². The van der Waals surface area contributed by atoms with Crippen molar-refractivity contribution in [2.75, 3.05) is 13.1 Å². The van der Waals surface area contributed by atoms with E-state index >= 15 is 0 Å². The maximum atomic E-state index is 12.2. The molecule has 2 aromatic heterocycles. The molecule has 0 saturated heterocycles. The van der Waals surface area contributed by atoms with Crippen molar-refractivity contribution < 1.29 is 32.4 Å². The fraction of sp³-hybridized carbons (Fsp3) is 0.636. The molecule has 2 aliphatic rings. The number of aromatic nitrogens is 3. The molecule has 34 heavy (non-hydrogen) atoms. The van der Waals surface area contributed by atoms with Gasteiger partial charge < -0.3 is 19.5 Å². The number of hydrogen-bond acceptors (Lipinski definition) is 6. The summed E-state index contributed by atoms with van der Waals surface area (Å²) in [5.41, 5.74) is 2.98. The zero-order valence-corrected chi connectivity index (χ0v) is 19.5. The van der Waals surface area contributed by atoms with Crippen LogP contribution in [0.15, 0.2) is 10.7 Å². The minimum atomic E-state index is -5.08. The van der Waals surface area contributed by atoms with Crippen molar-refractivity contribution in [1.82, 2.24) is 24.9 Å². The van der Waals surface area contributed by atoms with Crippen molar-refractivity contribution in [2.24, 2.45) is 5.92 Å². The van der Waals surface area contributed by atoms with Gasteiger partial charge in [-0.25, -0.2) is 9.78 Å². The van der Waals surface area contributed by atoms with E-state index < -0.39 is 12.1 Å². The van der Waals surface area contributed by atoms with Gasteiger partial charge in [0.15, 0.2) is 0 Å². The number of fused-ring (bicyclic) bond motifs is 1. The quantitative estimate of drug-likeness (QED) is 0.646. The highest BCUT2D eigenvalue weighted by Gasteiger charge is 2.38. The van der Waals surface area contributed by atoms with E-state index in [1.165, 1.54) is 19.3 Å². The zero-order chi connectivity index (χ0) is 25.0. The van der Waals surface area contributed by atoms with Crippen LogP contribution >= 0.6 is 0 Å². The smallest absolute Gasteiger partial charge is 0.475 e. The number of aliphatic carboxylic acids is 1. The Bertz CT molecular complexity index is 993. The van der Waals surface area contributed by atoms with Crippen molar-refractivity contribution >= 4 is 11.9 Å². The molecule has 1 amide bonds. The van der Waals surface area contributed by atoms with E-state index in [9.17, 15) is 18.0 Å². The van der Waals surface area contributed by atoms with E-state index in [0.29, 0.717) is 12.3 Å². The van der Waals surface area contributed by atoms with Crippen molar-refractivity contribution in [3.8, 4) is 0 Å². The van der Waals surface area contributed by atoms with Crippen molar-refractivity contribution in [2.45, 2.75) is 71.8 Å². The highest BCUT2D eigenvalue weighted by atomic mass is 19.4. The molecule has 1 aliphatic heterocycles. The Kier molecular flexibility index (Phi) is 8.01. The molecule has 2 N–H and O–H groups in total. The minimum absolute atomic E-state index is 0.0811. The molecule has 1 saturated carbocycles. The molecule has 0 aromatic carbocycles. The molecule has 12 heteroatoms. The van der Waals surface area contributed by atoms with Crippen molar-refractivity contribution in [3.63, 3.8) is 0 Å². The van der Waals surface area contributed by atoms with Gasteiger partial charge in [0.2, 0.25) is 5.91 Å². The summed E-state index contributed by atoms with van der Waals surface area (Å²) in [5, 5.41) is 14.2. The van der Waals surface area contributed by atoms with E-state index in [2.05, 4.69) is 26.9 Å². The number of rotatable bonds is 6. The Hall–Kier alpha value is -2.89. The third-order valence-electron chi connectivity index (χ3n) is 6.35. The summed E-state index contributed by atoms with van der Waals surface area (Å²) in [6.07, 6.45) is 1.12. The van der Waals surface area contributed by atoms with Gasteiger partial charge in [0, 0.05) is 37.9 Å². The number of imidazole rings is 1. The second-order valence-electron chi connectivity index (χ2n) is 8.81. The first-order valence-corrected chi connectivity index (χ1v) is 11.2. The van der Waals surface area contributed by atoms with Crippen LogP contribution in [0.4, 0.5) is 13.2 Å². The highest BCUT2D eigenvalue weighted by Crippen LogP contribution is 2.28. The molecule has 188 valence electrons. The van der Waals surface area contributed by atoms with Crippen LogP contribution in [0.5, 0.6) is 0 Å². The molecule has 0 radical (unpaired) electrons. The molecule has 1 atom stereocenters. The monoisotopic (exact) mass is 485 g/mol. The number of carbonyl (C=O) groups is 2. The Morgan fingerprint density at radius 2 is 1.94 bits per heavy atom. The highest BCUT2D eigenvalue weighted by molar-refractivity contribution is 5.78. The van der Waals surface area contributed by atoms with Gasteiger partial charge >= 0.3 is 12.1 Å². The summed E-state index contributed by atoms with van der Waals surface area (Å²) in [6, 6.07) is 0.194. The van der Waals surface area contributed by atoms with E-state index in [0.717, 1.165) is 54.7 Å². The number of carbonyl (C=O) groups excluding carboxylic acids is 1. The predicted molar refractivity (Wildman–Crippen MR) is 115 cm³/mol. The van der Waals surface area contributed by atoms with Gasteiger partial charge in [0.05, 0.1) is 23.9 Å². The Labute approximate surface area is 195 Å². The third kappa shape index (κ3) is 6.37. The average Bonchev–Trinajstić information content (AvgIpc) is 3.26. The van der Waals surface area contributed by atoms with Crippen LogP contribution in [0.3, 0.4) is 0 Å².